The van der Waals surface area contributed by atoms with E-state index < -0.39 is 0 Å². The van der Waals surface area contributed by atoms with Gasteiger partial charge in [0.15, 0.2) is 11.9 Å². The fraction of sp³-hybridized carbons (Fsp3) is 0.333. The number of thioether (sulfide) groups is 1. The van der Waals surface area contributed by atoms with Crippen LogP contribution in [-0.2, 0) is 13.0 Å². The fourth-order valence-corrected chi connectivity index (χ4v) is 3.68. The molecule has 0 bridgehead atoms. The van der Waals surface area contributed by atoms with Gasteiger partial charge in [-0.2, -0.15) is 0 Å². The maximum atomic E-state index is 12.2. The normalized spacial score (nSPS) is 20.3. The summed E-state index contributed by atoms with van der Waals surface area (Å²) in [6.45, 7) is 1.49. The van der Waals surface area contributed by atoms with Crippen molar-refractivity contribution in [3.8, 4) is 5.75 Å². The number of hydrogen-bond acceptors (Lipinski definition) is 5. The summed E-state index contributed by atoms with van der Waals surface area (Å²) < 4.78 is 5.99. The molecular formula is C15H15N3O2S. The highest BCUT2D eigenvalue weighted by Gasteiger charge is 2.25. The minimum absolute atomic E-state index is 0.0241. The molecule has 1 aromatic heterocycles. The Labute approximate surface area is 126 Å². The van der Waals surface area contributed by atoms with E-state index in [2.05, 4.69) is 15.3 Å². The van der Waals surface area contributed by atoms with Crippen LogP contribution in [0.5, 0.6) is 5.75 Å². The maximum Gasteiger partial charge on any atom is 0.254 e. The van der Waals surface area contributed by atoms with E-state index in [1.165, 1.54) is 0 Å². The predicted molar refractivity (Wildman–Crippen MR) is 80.8 cm³/mol. The smallest absolute Gasteiger partial charge is 0.254 e. The van der Waals surface area contributed by atoms with Crippen molar-refractivity contribution < 1.29 is 4.74 Å². The second-order valence-electron chi connectivity index (χ2n) is 5.17. The van der Waals surface area contributed by atoms with Crippen LogP contribution in [0.4, 0.5) is 0 Å². The van der Waals surface area contributed by atoms with Crippen LogP contribution in [0, 0.1) is 0 Å². The molecule has 0 fully saturated rings. The van der Waals surface area contributed by atoms with Crippen molar-refractivity contribution in [2.45, 2.75) is 24.0 Å². The summed E-state index contributed by atoms with van der Waals surface area (Å²) in [4.78, 5) is 20.8. The maximum absolute atomic E-state index is 12.2. The topological polar surface area (TPSA) is 67.0 Å². The van der Waals surface area contributed by atoms with E-state index in [4.69, 9.17) is 4.74 Å². The van der Waals surface area contributed by atoms with Crippen LogP contribution in [0.1, 0.15) is 23.2 Å². The lowest BCUT2D eigenvalue weighted by Gasteiger charge is -2.25. The van der Waals surface area contributed by atoms with Crippen molar-refractivity contribution in [3.05, 3.63) is 51.7 Å². The molecule has 1 aromatic carbocycles. The number of ether oxygens (including phenoxy) is 1. The van der Waals surface area contributed by atoms with Crippen LogP contribution in [0.15, 0.2) is 34.0 Å². The number of rotatable bonds is 1. The Bertz CT molecular complexity index is 744. The molecular weight excluding hydrogens is 286 g/mol. The summed E-state index contributed by atoms with van der Waals surface area (Å²) in [5.41, 5.74) is 1.64. The van der Waals surface area contributed by atoms with Crippen molar-refractivity contribution in [1.29, 1.82) is 0 Å². The third kappa shape index (κ3) is 2.34. The Morgan fingerprint density at radius 3 is 3.19 bits per heavy atom. The standard InChI is InChI=1S/C15H15N3O2S/c19-15-9-5-6-16-7-10(9)17-14(18-15)12-8-21-13-4-2-1-3-11(13)20-12/h1-4,12,16H,5-8H2,(H,17,18,19). The van der Waals surface area contributed by atoms with Gasteiger partial charge in [-0.1, -0.05) is 12.1 Å². The average Bonchev–Trinajstić information content (AvgIpc) is 2.54. The van der Waals surface area contributed by atoms with E-state index in [1.54, 1.807) is 11.8 Å². The second kappa shape index (κ2) is 5.20. The van der Waals surface area contributed by atoms with Gasteiger partial charge in [0.05, 0.1) is 5.69 Å². The zero-order chi connectivity index (χ0) is 14.2. The molecule has 0 saturated carbocycles. The molecule has 2 aromatic rings. The molecule has 21 heavy (non-hydrogen) atoms. The summed E-state index contributed by atoms with van der Waals surface area (Å²) >= 11 is 1.73. The van der Waals surface area contributed by atoms with E-state index in [-0.39, 0.29) is 11.7 Å². The van der Waals surface area contributed by atoms with E-state index >= 15 is 0 Å². The first-order chi connectivity index (χ1) is 10.3. The summed E-state index contributed by atoms with van der Waals surface area (Å²) in [6.07, 6.45) is 0.533. The molecule has 0 amide bonds. The third-order valence-electron chi connectivity index (χ3n) is 3.78. The van der Waals surface area contributed by atoms with E-state index in [9.17, 15) is 4.79 Å². The minimum atomic E-state index is -0.204. The zero-order valence-electron chi connectivity index (χ0n) is 11.4. The molecule has 0 radical (unpaired) electrons. The van der Waals surface area contributed by atoms with E-state index in [1.807, 2.05) is 24.3 Å². The summed E-state index contributed by atoms with van der Waals surface area (Å²) in [5.74, 6) is 2.24. The summed E-state index contributed by atoms with van der Waals surface area (Å²) in [6, 6.07) is 7.95. The van der Waals surface area contributed by atoms with Gasteiger partial charge in [0, 0.05) is 22.8 Å². The zero-order valence-corrected chi connectivity index (χ0v) is 12.2. The van der Waals surface area contributed by atoms with Crippen LogP contribution in [0.3, 0.4) is 0 Å². The second-order valence-corrected chi connectivity index (χ2v) is 6.23. The highest BCUT2D eigenvalue weighted by molar-refractivity contribution is 7.99. The fourth-order valence-electron chi connectivity index (χ4n) is 2.69. The van der Waals surface area contributed by atoms with Crippen molar-refractivity contribution in [1.82, 2.24) is 15.3 Å². The van der Waals surface area contributed by atoms with Gasteiger partial charge < -0.3 is 15.0 Å². The SMILES string of the molecule is O=c1[nH]c(C2CSc3ccccc3O2)nc2c1CCNC2. The summed E-state index contributed by atoms with van der Waals surface area (Å²) in [5, 5.41) is 3.25. The molecule has 3 heterocycles. The molecule has 0 aliphatic carbocycles. The predicted octanol–water partition coefficient (Wildman–Crippen LogP) is 1.64. The Morgan fingerprint density at radius 2 is 2.24 bits per heavy atom. The lowest BCUT2D eigenvalue weighted by atomic mass is 10.1. The third-order valence-corrected chi connectivity index (χ3v) is 4.89. The average molecular weight is 301 g/mol. The lowest BCUT2D eigenvalue weighted by Crippen LogP contribution is -2.33. The quantitative estimate of drug-likeness (QED) is 0.838. The van der Waals surface area contributed by atoms with Crippen LogP contribution >= 0.6 is 11.8 Å². The number of nitrogens with zero attached hydrogens (tertiary/aromatic N) is 1. The highest BCUT2D eigenvalue weighted by atomic mass is 32.2. The van der Waals surface area contributed by atoms with Gasteiger partial charge in [0.2, 0.25) is 0 Å². The van der Waals surface area contributed by atoms with E-state index in [0.29, 0.717) is 12.4 Å². The number of aromatic nitrogens is 2. The van der Waals surface area contributed by atoms with Crippen LogP contribution in [0.25, 0.3) is 0 Å². The van der Waals surface area contributed by atoms with Gasteiger partial charge in [-0.25, -0.2) is 4.98 Å². The van der Waals surface area contributed by atoms with Gasteiger partial charge in [-0.15, -0.1) is 11.8 Å². The van der Waals surface area contributed by atoms with Crippen LogP contribution in [-0.4, -0.2) is 22.3 Å². The molecule has 1 atom stereocenters. The largest absolute Gasteiger partial charge is 0.480 e. The molecule has 6 heteroatoms. The molecule has 0 saturated heterocycles. The molecule has 4 rings (SSSR count). The number of benzene rings is 1. The van der Waals surface area contributed by atoms with Crippen molar-refractivity contribution in [2.24, 2.45) is 0 Å². The first kappa shape index (κ1) is 12.9. The van der Waals surface area contributed by atoms with Crippen LogP contribution < -0.4 is 15.6 Å². The molecule has 1 unspecified atom stereocenters. The van der Waals surface area contributed by atoms with Gasteiger partial charge in [-0.3, -0.25) is 4.79 Å². The van der Waals surface area contributed by atoms with Gasteiger partial charge in [0.25, 0.3) is 5.56 Å². The number of fused-ring (bicyclic) bond motifs is 2. The minimum Gasteiger partial charge on any atom is -0.480 e. The van der Waals surface area contributed by atoms with Gasteiger partial charge in [0.1, 0.15) is 5.75 Å². The first-order valence-electron chi connectivity index (χ1n) is 7.02. The molecule has 2 aliphatic rings. The van der Waals surface area contributed by atoms with Gasteiger partial charge in [-0.05, 0) is 25.1 Å². The number of aromatic amines is 1. The molecule has 2 N–H and O–H groups in total. The van der Waals surface area contributed by atoms with Crippen LogP contribution in [0.2, 0.25) is 0 Å². The number of nitrogens with one attached hydrogen (secondary N) is 2. The Morgan fingerprint density at radius 1 is 1.33 bits per heavy atom. The van der Waals surface area contributed by atoms with E-state index in [0.717, 1.165) is 40.6 Å². The number of para-hydroxylation sites is 1. The summed E-state index contributed by atoms with van der Waals surface area (Å²) in [7, 11) is 0. The molecule has 108 valence electrons. The monoisotopic (exact) mass is 301 g/mol. The van der Waals surface area contributed by atoms with Crippen molar-refractivity contribution in [2.75, 3.05) is 12.3 Å². The molecule has 2 aliphatic heterocycles. The molecule has 0 spiro atoms. The van der Waals surface area contributed by atoms with Gasteiger partial charge >= 0.3 is 0 Å². The number of H-pyrrole nitrogens is 1. The lowest BCUT2D eigenvalue weighted by molar-refractivity contribution is 0.209. The Hall–Kier alpha value is -1.79. The first-order valence-corrected chi connectivity index (χ1v) is 8.01. The van der Waals surface area contributed by atoms with Crippen molar-refractivity contribution in [3.63, 3.8) is 0 Å². The Balaban J connectivity index is 1.69. The molecule has 5 nitrogen and oxygen atoms in total. The highest BCUT2D eigenvalue weighted by Crippen LogP contribution is 2.39. The van der Waals surface area contributed by atoms with Crippen molar-refractivity contribution >= 4 is 11.8 Å². The number of hydrogen-bond donors (Lipinski definition) is 2. The Kier molecular flexibility index (Phi) is 3.20.